The van der Waals surface area contributed by atoms with Crippen LogP contribution in [0.3, 0.4) is 0 Å². The molecule has 0 radical (unpaired) electrons. The number of hydrogen-bond donors (Lipinski definition) is 3. The lowest BCUT2D eigenvalue weighted by molar-refractivity contribution is -0.126. The number of piperidine rings is 1. The molecule has 33 heavy (non-hydrogen) atoms. The van der Waals surface area contributed by atoms with Crippen molar-refractivity contribution in [2.45, 2.75) is 37.6 Å². The fourth-order valence-electron chi connectivity index (χ4n) is 4.08. The highest BCUT2D eigenvalue weighted by molar-refractivity contribution is 7.89. The van der Waals surface area contributed by atoms with Gasteiger partial charge in [0.05, 0.1) is 4.90 Å². The Balaban J connectivity index is 1.70. The summed E-state index contributed by atoms with van der Waals surface area (Å²) in [5.41, 5.74) is 1.79. The number of imide groups is 1. The molecule has 1 aliphatic heterocycles. The van der Waals surface area contributed by atoms with Gasteiger partial charge in [0.15, 0.2) is 0 Å². The lowest BCUT2D eigenvalue weighted by atomic mass is 9.94. The van der Waals surface area contributed by atoms with E-state index in [0.29, 0.717) is 19.6 Å². The van der Waals surface area contributed by atoms with E-state index >= 15 is 0 Å². The number of carbonyl (C=O) groups is 2. The van der Waals surface area contributed by atoms with Gasteiger partial charge < -0.3 is 5.32 Å². The molecule has 0 saturated carbocycles. The van der Waals surface area contributed by atoms with Gasteiger partial charge in [-0.15, -0.1) is 0 Å². The van der Waals surface area contributed by atoms with E-state index in [1.54, 1.807) is 31.2 Å². The van der Waals surface area contributed by atoms with Crippen molar-refractivity contribution in [1.82, 2.24) is 20.3 Å². The number of sulfonamides is 1. The molecule has 3 amide bonds. The number of hydrogen-bond acceptors (Lipinski definition) is 5. The number of nitrogens with zero attached hydrogens (tertiary/aromatic N) is 1. The van der Waals surface area contributed by atoms with Crippen LogP contribution in [-0.2, 0) is 14.8 Å². The van der Waals surface area contributed by atoms with Crippen LogP contribution in [0.1, 0.15) is 36.9 Å². The summed E-state index contributed by atoms with van der Waals surface area (Å²) in [5, 5.41) is 5.02. The predicted molar refractivity (Wildman–Crippen MR) is 127 cm³/mol. The summed E-state index contributed by atoms with van der Waals surface area (Å²) in [6.45, 7) is 5.62. The molecule has 178 valence electrons. The third-order valence-electron chi connectivity index (χ3n) is 5.75. The molecule has 9 heteroatoms. The van der Waals surface area contributed by atoms with Gasteiger partial charge in [-0.25, -0.2) is 17.9 Å². The highest BCUT2D eigenvalue weighted by Crippen LogP contribution is 2.27. The molecule has 0 aromatic heterocycles. The lowest BCUT2D eigenvalue weighted by Crippen LogP contribution is -2.49. The van der Waals surface area contributed by atoms with Crippen LogP contribution >= 0.6 is 0 Å². The summed E-state index contributed by atoms with van der Waals surface area (Å²) in [6, 6.07) is 14.9. The Labute approximate surface area is 195 Å². The van der Waals surface area contributed by atoms with Crippen LogP contribution in [0.4, 0.5) is 4.79 Å². The van der Waals surface area contributed by atoms with Gasteiger partial charge in [-0.3, -0.25) is 15.0 Å². The van der Waals surface area contributed by atoms with Crippen molar-refractivity contribution in [3.63, 3.8) is 0 Å². The Morgan fingerprint density at radius 1 is 1.09 bits per heavy atom. The third-order valence-corrected chi connectivity index (χ3v) is 7.19. The minimum atomic E-state index is -3.61. The molecule has 8 nitrogen and oxygen atoms in total. The van der Waals surface area contributed by atoms with Crippen molar-refractivity contribution < 1.29 is 18.0 Å². The normalized spacial score (nSPS) is 17.8. The molecule has 0 spiro atoms. The van der Waals surface area contributed by atoms with Crippen LogP contribution in [0.2, 0.25) is 0 Å². The quantitative estimate of drug-likeness (QED) is 0.547. The number of carbonyl (C=O) groups excluding carboxylic acids is 2. The van der Waals surface area contributed by atoms with E-state index < -0.39 is 28.0 Å². The molecule has 3 N–H and O–H groups in total. The summed E-state index contributed by atoms with van der Waals surface area (Å²) in [6.07, 6.45) is 1.68. The van der Waals surface area contributed by atoms with Crippen LogP contribution in [0.15, 0.2) is 59.5 Å². The zero-order chi connectivity index (χ0) is 23.8. The van der Waals surface area contributed by atoms with E-state index in [4.69, 9.17) is 0 Å². The van der Waals surface area contributed by atoms with Crippen LogP contribution < -0.4 is 15.4 Å². The summed E-state index contributed by atoms with van der Waals surface area (Å²) in [7, 11) is -3.61. The van der Waals surface area contributed by atoms with Crippen LogP contribution in [-0.4, -0.2) is 51.4 Å². The zero-order valence-electron chi connectivity index (χ0n) is 19.1. The Bertz CT molecular complexity index is 1040. The fraction of sp³-hybridized carbons (Fsp3) is 0.417. The fourth-order valence-corrected chi connectivity index (χ4v) is 5.19. The van der Waals surface area contributed by atoms with Gasteiger partial charge in [0.25, 0.3) is 0 Å². The van der Waals surface area contributed by atoms with Crippen molar-refractivity contribution >= 4 is 22.0 Å². The summed E-state index contributed by atoms with van der Waals surface area (Å²) in [4.78, 5) is 27.3. The number of aryl methyl sites for hydroxylation is 1. The van der Waals surface area contributed by atoms with Gasteiger partial charge in [-0.05, 0) is 56.8 Å². The summed E-state index contributed by atoms with van der Waals surface area (Å²) >= 11 is 0. The Morgan fingerprint density at radius 2 is 1.79 bits per heavy atom. The topological polar surface area (TPSA) is 108 Å². The Hall–Kier alpha value is -2.75. The molecule has 0 aliphatic carbocycles. The summed E-state index contributed by atoms with van der Waals surface area (Å²) < 4.78 is 28.1. The van der Waals surface area contributed by atoms with Gasteiger partial charge in [0.1, 0.15) is 6.04 Å². The monoisotopic (exact) mass is 472 g/mol. The first-order chi connectivity index (χ1) is 15.8. The number of benzene rings is 2. The number of urea groups is 1. The molecule has 0 bridgehead atoms. The van der Waals surface area contributed by atoms with Crippen LogP contribution in [0, 0.1) is 12.8 Å². The van der Waals surface area contributed by atoms with Gasteiger partial charge in [-0.2, -0.15) is 0 Å². The Kier molecular flexibility index (Phi) is 8.60. The van der Waals surface area contributed by atoms with E-state index in [9.17, 15) is 18.0 Å². The standard InChI is InChI=1S/C24H32N4O4S/c1-3-25-24(30)27-23(29)22(20-9-5-4-6-10-20)28-15-7-8-19(17-28)16-26-33(31,32)21-13-11-18(2)12-14-21/h4-6,9-14,19,22,26H,3,7-8,15-17H2,1-2H3,(H2,25,27,29,30). The van der Waals surface area contributed by atoms with Gasteiger partial charge in [0.2, 0.25) is 15.9 Å². The van der Waals surface area contributed by atoms with Crippen LogP contribution in [0.25, 0.3) is 0 Å². The van der Waals surface area contributed by atoms with E-state index in [2.05, 4.69) is 15.4 Å². The molecular weight excluding hydrogens is 440 g/mol. The second-order valence-corrected chi connectivity index (χ2v) is 10.1. The van der Waals surface area contributed by atoms with Crippen molar-refractivity contribution in [3.8, 4) is 0 Å². The maximum absolute atomic E-state index is 13.0. The number of nitrogens with one attached hydrogen (secondary N) is 3. The number of likely N-dealkylation sites (tertiary alicyclic amines) is 1. The maximum Gasteiger partial charge on any atom is 0.321 e. The first-order valence-corrected chi connectivity index (χ1v) is 12.7. The maximum atomic E-state index is 13.0. The minimum Gasteiger partial charge on any atom is -0.338 e. The van der Waals surface area contributed by atoms with Gasteiger partial charge >= 0.3 is 6.03 Å². The highest BCUT2D eigenvalue weighted by Gasteiger charge is 2.33. The molecule has 2 aromatic carbocycles. The van der Waals surface area contributed by atoms with E-state index in [-0.39, 0.29) is 17.4 Å². The van der Waals surface area contributed by atoms with E-state index in [1.165, 1.54) is 0 Å². The first kappa shape index (κ1) is 24.9. The number of amides is 3. The van der Waals surface area contributed by atoms with Gasteiger partial charge in [-0.1, -0.05) is 48.0 Å². The molecule has 1 saturated heterocycles. The van der Waals surface area contributed by atoms with E-state index in [1.807, 2.05) is 42.2 Å². The molecule has 1 fully saturated rings. The Morgan fingerprint density at radius 3 is 2.45 bits per heavy atom. The zero-order valence-corrected chi connectivity index (χ0v) is 19.9. The molecule has 2 aromatic rings. The van der Waals surface area contributed by atoms with Crippen molar-refractivity contribution in [1.29, 1.82) is 0 Å². The highest BCUT2D eigenvalue weighted by atomic mass is 32.2. The van der Waals surface area contributed by atoms with Crippen molar-refractivity contribution in [2.24, 2.45) is 5.92 Å². The SMILES string of the molecule is CCNC(=O)NC(=O)C(c1ccccc1)N1CCCC(CNS(=O)(=O)c2ccc(C)cc2)C1. The average molecular weight is 473 g/mol. The second-order valence-electron chi connectivity index (χ2n) is 8.33. The summed E-state index contributed by atoms with van der Waals surface area (Å²) in [5.74, 6) is -0.351. The molecular formula is C24H32N4O4S. The molecule has 3 rings (SSSR count). The van der Waals surface area contributed by atoms with Gasteiger partial charge in [0, 0.05) is 19.6 Å². The predicted octanol–water partition coefficient (Wildman–Crippen LogP) is 2.57. The van der Waals surface area contributed by atoms with Crippen molar-refractivity contribution in [3.05, 3.63) is 65.7 Å². The number of rotatable bonds is 8. The first-order valence-electron chi connectivity index (χ1n) is 11.2. The molecule has 2 atom stereocenters. The van der Waals surface area contributed by atoms with Crippen LogP contribution in [0.5, 0.6) is 0 Å². The lowest BCUT2D eigenvalue weighted by Gasteiger charge is -2.37. The molecule has 1 heterocycles. The molecule has 1 aliphatic rings. The smallest absolute Gasteiger partial charge is 0.321 e. The van der Waals surface area contributed by atoms with E-state index in [0.717, 1.165) is 24.0 Å². The largest absolute Gasteiger partial charge is 0.338 e. The minimum absolute atomic E-state index is 0.0439. The average Bonchev–Trinajstić information content (AvgIpc) is 2.79. The second kappa shape index (κ2) is 11.4. The van der Waals surface area contributed by atoms with Crippen molar-refractivity contribution in [2.75, 3.05) is 26.2 Å². The molecule has 2 unspecified atom stereocenters. The third kappa shape index (κ3) is 6.86.